The summed E-state index contributed by atoms with van der Waals surface area (Å²) in [5.74, 6) is 0.835. The molecule has 0 amide bonds. The SMILES string of the molecule is CN=C(NCCOC)NCC(C)N1CCN(c2ccccc2)CC1. The molecule has 1 aromatic rings. The summed E-state index contributed by atoms with van der Waals surface area (Å²) in [6.45, 7) is 8.94. The predicted molar refractivity (Wildman–Crippen MR) is 101 cm³/mol. The van der Waals surface area contributed by atoms with Crippen LogP contribution in [0.25, 0.3) is 0 Å². The van der Waals surface area contributed by atoms with Gasteiger partial charge < -0.3 is 20.3 Å². The number of guanidine groups is 1. The molecule has 1 atom stereocenters. The maximum absolute atomic E-state index is 5.05. The normalized spacial score (nSPS) is 17.6. The molecule has 0 spiro atoms. The molecule has 1 aromatic carbocycles. The van der Waals surface area contributed by atoms with Crippen molar-refractivity contribution in [3.05, 3.63) is 30.3 Å². The average molecular weight is 333 g/mol. The lowest BCUT2D eigenvalue weighted by atomic mass is 10.2. The number of aliphatic imine (C=N–C) groups is 1. The van der Waals surface area contributed by atoms with Gasteiger partial charge in [-0.3, -0.25) is 9.89 Å². The van der Waals surface area contributed by atoms with Gasteiger partial charge in [-0.1, -0.05) is 18.2 Å². The second-order valence-electron chi connectivity index (χ2n) is 6.08. The van der Waals surface area contributed by atoms with Crippen molar-refractivity contribution in [1.29, 1.82) is 0 Å². The molecule has 6 heteroatoms. The van der Waals surface area contributed by atoms with Crippen LogP contribution in [0.15, 0.2) is 35.3 Å². The Balaban J connectivity index is 1.71. The number of anilines is 1. The van der Waals surface area contributed by atoms with Crippen molar-refractivity contribution in [1.82, 2.24) is 15.5 Å². The molecule has 1 aliphatic heterocycles. The maximum atomic E-state index is 5.05. The van der Waals surface area contributed by atoms with Crippen LogP contribution in [0.1, 0.15) is 6.92 Å². The Morgan fingerprint density at radius 3 is 2.50 bits per heavy atom. The van der Waals surface area contributed by atoms with Crippen molar-refractivity contribution >= 4 is 11.6 Å². The minimum atomic E-state index is 0.476. The number of benzene rings is 1. The third kappa shape index (κ3) is 5.69. The third-order valence-electron chi connectivity index (χ3n) is 4.45. The summed E-state index contributed by atoms with van der Waals surface area (Å²) in [6, 6.07) is 11.1. The lowest BCUT2D eigenvalue weighted by Crippen LogP contribution is -2.53. The van der Waals surface area contributed by atoms with E-state index in [4.69, 9.17) is 4.74 Å². The van der Waals surface area contributed by atoms with Gasteiger partial charge in [0.1, 0.15) is 0 Å². The first-order chi connectivity index (χ1) is 11.7. The van der Waals surface area contributed by atoms with Gasteiger partial charge in [0.05, 0.1) is 6.61 Å². The number of rotatable bonds is 7. The fraction of sp³-hybridized carbons (Fsp3) is 0.611. The Morgan fingerprint density at radius 2 is 1.88 bits per heavy atom. The highest BCUT2D eigenvalue weighted by molar-refractivity contribution is 5.79. The fourth-order valence-electron chi connectivity index (χ4n) is 2.93. The van der Waals surface area contributed by atoms with Crippen LogP contribution in [0.4, 0.5) is 5.69 Å². The summed E-state index contributed by atoms with van der Waals surface area (Å²) in [7, 11) is 3.50. The number of methoxy groups -OCH3 is 1. The molecule has 2 N–H and O–H groups in total. The Morgan fingerprint density at radius 1 is 1.17 bits per heavy atom. The predicted octanol–water partition coefficient (Wildman–Crippen LogP) is 1.01. The second kappa shape index (κ2) is 10.2. The van der Waals surface area contributed by atoms with E-state index in [1.54, 1.807) is 14.2 Å². The number of piperazine rings is 1. The van der Waals surface area contributed by atoms with Gasteiger partial charge >= 0.3 is 0 Å². The second-order valence-corrected chi connectivity index (χ2v) is 6.08. The van der Waals surface area contributed by atoms with Crippen molar-refractivity contribution in [2.45, 2.75) is 13.0 Å². The van der Waals surface area contributed by atoms with Crippen LogP contribution in [0.2, 0.25) is 0 Å². The van der Waals surface area contributed by atoms with Crippen LogP contribution < -0.4 is 15.5 Å². The molecule has 1 heterocycles. The highest BCUT2D eigenvalue weighted by atomic mass is 16.5. The van der Waals surface area contributed by atoms with E-state index in [-0.39, 0.29) is 0 Å². The molecular weight excluding hydrogens is 302 g/mol. The number of para-hydroxylation sites is 1. The third-order valence-corrected chi connectivity index (χ3v) is 4.45. The van der Waals surface area contributed by atoms with Crippen LogP contribution in [0.3, 0.4) is 0 Å². The molecule has 1 fully saturated rings. The largest absolute Gasteiger partial charge is 0.383 e. The Bertz CT molecular complexity index is 485. The molecular formula is C18H31N5O. The van der Waals surface area contributed by atoms with E-state index in [0.29, 0.717) is 12.6 Å². The van der Waals surface area contributed by atoms with Gasteiger partial charge in [-0.25, -0.2) is 0 Å². The van der Waals surface area contributed by atoms with Crippen molar-refractivity contribution < 1.29 is 4.74 Å². The molecule has 0 radical (unpaired) electrons. The van der Waals surface area contributed by atoms with E-state index < -0.39 is 0 Å². The van der Waals surface area contributed by atoms with Crippen LogP contribution >= 0.6 is 0 Å². The van der Waals surface area contributed by atoms with Gasteiger partial charge in [-0.2, -0.15) is 0 Å². The average Bonchev–Trinajstić information content (AvgIpc) is 2.65. The van der Waals surface area contributed by atoms with Gasteiger partial charge in [-0.15, -0.1) is 0 Å². The molecule has 6 nitrogen and oxygen atoms in total. The summed E-state index contributed by atoms with van der Waals surface area (Å²) in [5.41, 5.74) is 1.32. The summed E-state index contributed by atoms with van der Waals surface area (Å²) >= 11 is 0. The Hall–Kier alpha value is -1.79. The number of nitrogens with one attached hydrogen (secondary N) is 2. The first-order valence-electron chi connectivity index (χ1n) is 8.72. The van der Waals surface area contributed by atoms with Crippen LogP contribution in [-0.2, 0) is 4.74 Å². The van der Waals surface area contributed by atoms with Crippen LogP contribution in [-0.4, -0.2) is 76.9 Å². The van der Waals surface area contributed by atoms with E-state index in [2.05, 4.69) is 62.7 Å². The molecule has 134 valence electrons. The van der Waals surface area contributed by atoms with E-state index >= 15 is 0 Å². The van der Waals surface area contributed by atoms with Gasteiger partial charge in [0.2, 0.25) is 0 Å². The minimum Gasteiger partial charge on any atom is -0.383 e. The van der Waals surface area contributed by atoms with Gasteiger partial charge in [0.25, 0.3) is 0 Å². The van der Waals surface area contributed by atoms with Crippen molar-refractivity contribution in [3.8, 4) is 0 Å². The number of hydrogen-bond acceptors (Lipinski definition) is 4. The molecule has 1 unspecified atom stereocenters. The first-order valence-corrected chi connectivity index (χ1v) is 8.72. The molecule has 0 aromatic heterocycles. The monoisotopic (exact) mass is 333 g/mol. The molecule has 0 aliphatic carbocycles. The molecule has 1 aliphatic rings. The molecule has 1 saturated heterocycles. The van der Waals surface area contributed by atoms with E-state index in [0.717, 1.165) is 45.2 Å². The van der Waals surface area contributed by atoms with E-state index in [9.17, 15) is 0 Å². The highest BCUT2D eigenvalue weighted by Crippen LogP contribution is 2.16. The fourth-order valence-corrected chi connectivity index (χ4v) is 2.93. The quantitative estimate of drug-likeness (QED) is 0.443. The molecule has 24 heavy (non-hydrogen) atoms. The smallest absolute Gasteiger partial charge is 0.191 e. The molecule has 2 rings (SSSR count). The summed E-state index contributed by atoms with van der Waals surface area (Å²) < 4.78 is 5.05. The summed E-state index contributed by atoms with van der Waals surface area (Å²) in [6.07, 6.45) is 0. The van der Waals surface area contributed by atoms with Gasteiger partial charge in [0, 0.05) is 65.2 Å². The zero-order chi connectivity index (χ0) is 17.2. The lowest BCUT2D eigenvalue weighted by Gasteiger charge is -2.39. The van der Waals surface area contributed by atoms with Crippen molar-refractivity contribution in [2.75, 3.05) is 64.9 Å². The van der Waals surface area contributed by atoms with Crippen LogP contribution in [0, 0.1) is 0 Å². The van der Waals surface area contributed by atoms with Crippen molar-refractivity contribution in [3.63, 3.8) is 0 Å². The number of nitrogens with zero attached hydrogens (tertiary/aromatic N) is 3. The summed E-state index contributed by atoms with van der Waals surface area (Å²) in [4.78, 5) is 9.24. The topological polar surface area (TPSA) is 52.1 Å². The first kappa shape index (κ1) is 18.5. The number of ether oxygens (including phenoxy) is 1. The standard InChI is InChI=1S/C18H31N5O/c1-16(15-21-18(19-2)20-9-14-24-3)22-10-12-23(13-11-22)17-7-5-4-6-8-17/h4-8,16H,9-15H2,1-3H3,(H2,19,20,21). The van der Waals surface area contributed by atoms with Crippen molar-refractivity contribution in [2.24, 2.45) is 4.99 Å². The molecule has 0 bridgehead atoms. The van der Waals surface area contributed by atoms with E-state index in [1.165, 1.54) is 5.69 Å². The minimum absolute atomic E-state index is 0.476. The maximum Gasteiger partial charge on any atom is 0.191 e. The Labute approximate surface area is 145 Å². The lowest BCUT2D eigenvalue weighted by molar-refractivity contribution is 0.196. The zero-order valence-corrected chi connectivity index (χ0v) is 15.2. The highest BCUT2D eigenvalue weighted by Gasteiger charge is 2.21. The van der Waals surface area contributed by atoms with Gasteiger partial charge in [-0.05, 0) is 19.1 Å². The molecule has 0 saturated carbocycles. The van der Waals surface area contributed by atoms with E-state index in [1.807, 2.05) is 0 Å². The Kier molecular flexibility index (Phi) is 7.85. The number of hydrogen-bond donors (Lipinski definition) is 2. The van der Waals surface area contributed by atoms with Gasteiger partial charge in [0.15, 0.2) is 5.96 Å². The van der Waals surface area contributed by atoms with Crippen LogP contribution in [0.5, 0.6) is 0 Å². The zero-order valence-electron chi connectivity index (χ0n) is 15.2. The summed E-state index contributed by atoms with van der Waals surface area (Å²) in [5, 5.41) is 6.64.